The third kappa shape index (κ3) is 6.23. The van der Waals surface area contributed by atoms with Crippen LogP contribution in [-0.2, 0) is 14.3 Å². The second kappa shape index (κ2) is 10.8. The average Bonchev–Trinajstić information content (AvgIpc) is 3.56. The molecule has 1 atom stereocenters. The Morgan fingerprint density at radius 2 is 1.97 bits per heavy atom. The zero-order chi connectivity index (χ0) is 23.4. The molecule has 2 aromatic rings. The molecule has 2 aliphatic rings. The quantitative estimate of drug-likeness (QED) is 0.460. The first-order valence-corrected chi connectivity index (χ1v) is 12.9. The van der Waals surface area contributed by atoms with Gasteiger partial charge in [-0.05, 0) is 55.2 Å². The molecule has 1 aromatic carbocycles. The molecule has 1 aliphatic carbocycles. The lowest BCUT2D eigenvalue weighted by atomic mass is 9.95. The second-order valence-corrected chi connectivity index (χ2v) is 10.7. The molecular formula is C25H36N4O3S. The number of carbonyl (C=O) groups excluding carboxylic acids is 1. The fourth-order valence-corrected chi connectivity index (χ4v) is 5.32. The molecule has 2 heterocycles. The Bertz CT molecular complexity index is 937. The van der Waals surface area contributed by atoms with E-state index < -0.39 is 0 Å². The lowest BCUT2D eigenvalue weighted by molar-refractivity contribution is -0.140. The molecule has 0 bridgehead atoms. The van der Waals surface area contributed by atoms with Crippen molar-refractivity contribution in [2.24, 2.45) is 5.92 Å². The van der Waals surface area contributed by atoms with Crippen LogP contribution in [0.4, 0.5) is 16.5 Å². The van der Waals surface area contributed by atoms with Crippen molar-refractivity contribution in [3.63, 3.8) is 0 Å². The number of carbonyl (C=O) groups is 1. The van der Waals surface area contributed by atoms with Gasteiger partial charge in [0.2, 0.25) is 5.13 Å². The highest BCUT2D eigenvalue weighted by molar-refractivity contribution is 7.15. The van der Waals surface area contributed by atoms with Crippen molar-refractivity contribution in [3.8, 4) is 0 Å². The molecule has 2 fully saturated rings. The minimum Gasteiger partial charge on any atom is -0.469 e. The lowest BCUT2D eigenvalue weighted by Crippen LogP contribution is -2.42. The van der Waals surface area contributed by atoms with Crippen molar-refractivity contribution >= 4 is 33.8 Å². The maximum atomic E-state index is 11.9. The number of rotatable bonds is 10. The Morgan fingerprint density at radius 3 is 2.64 bits per heavy atom. The van der Waals surface area contributed by atoms with Gasteiger partial charge in [0.25, 0.3) is 0 Å². The van der Waals surface area contributed by atoms with Crippen LogP contribution in [0, 0.1) is 5.92 Å². The largest absolute Gasteiger partial charge is 0.469 e. The van der Waals surface area contributed by atoms with Crippen LogP contribution in [0.1, 0.15) is 75.3 Å². The van der Waals surface area contributed by atoms with Crippen LogP contribution in [0.25, 0.3) is 0 Å². The summed E-state index contributed by atoms with van der Waals surface area (Å²) in [6, 6.07) is 6.97. The van der Waals surface area contributed by atoms with E-state index in [1.165, 1.54) is 25.6 Å². The zero-order valence-electron chi connectivity index (χ0n) is 20.2. The van der Waals surface area contributed by atoms with E-state index in [2.05, 4.69) is 59.4 Å². The molecule has 0 unspecified atom stereocenters. The normalized spacial score (nSPS) is 17.7. The minimum absolute atomic E-state index is 0.0603. The van der Waals surface area contributed by atoms with E-state index in [4.69, 9.17) is 9.47 Å². The van der Waals surface area contributed by atoms with Crippen molar-refractivity contribution < 1.29 is 14.3 Å². The van der Waals surface area contributed by atoms with Crippen molar-refractivity contribution in [1.29, 1.82) is 0 Å². The molecule has 8 heteroatoms. The summed E-state index contributed by atoms with van der Waals surface area (Å²) in [5.41, 5.74) is 3.30. The average molecular weight is 473 g/mol. The van der Waals surface area contributed by atoms with Crippen LogP contribution in [-0.4, -0.2) is 49.1 Å². The summed E-state index contributed by atoms with van der Waals surface area (Å²) in [5, 5.41) is 14.4. The fraction of sp³-hybridized carbons (Fsp3) is 0.640. The van der Waals surface area contributed by atoms with Gasteiger partial charge < -0.3 is 19.7 Å². The maximum absolute atomic E-state index is 11.9. The molecule has 180 valence electrons. The molecule has 4 rings (SSSR count). The number of benzene rings is 1. The Labute approximate surface area is 200 Å². The monoisotopic (exact) mass is 472 g/mol. The van der Waals surface area contributed by atoms with E-state index >= 15 is 0 Å². The molecule has 0 radical (unpaired) electrons. The molecule has 0 spiro atoms. The first-order valence-electron chi connectivity index (χ1n) is 12.1. The number of ether oxygens (including phenoxy) is 2. The lowest BCUT2D eigenvalue weighted by Gasteiger charge is -2.38. The van der Waals surface area contributed by atoms with Gasteiger partial charge in [0.05, 0.1) is 24.9 Å². The number of esters is 1. The fourth-order valence-electron chi connectivity index (χ4n) is 4.39. The highest BCUT2D eigenvalue weighted by Gasteiger charge is 2.29. The molecule has 1 saturated carbocycles. The first kappa shape index (κ1) is 24.0. The molecule has 1 aromatic heterocycles. The molecule has 33 heavy (non-hydrogen) atoms. The summed E-state index contributed by atoms with van der Waals surface area (Å²) in [4.78, 5) is 14.4. The van der Waals surface area contributed by atoms with Gasteiger partial charge in [-0.1, -0.05) is 38.2 Å². The summed E-state index contributed by atoms with van der Waals surface area (Å²) < 4.78 is 10.5. The Hall–Kier alpha value is -2.19. The highest BCUT2D eigenvalue weighted by atomic mass is 32.1. The second-order valence-electron chi connectivity index (χ2n) is 9.69. The highest BCUT2D eigenvalue weighted by Crippen LogP contribution is 2.43. The van der Waals surface area contributed by atoms with Gasteiger partial charge in [0, 0.05) is 31.7 Å². The van der Waals surface area contributed by atoms with Gasteiger partial charge in [-0.15, -0.1) is 10.2 Å². The van der Waals surface area contributed by atoms with Crippen LogP contribution in [0.5, 0.6) is 0 Å². The number of nitrogens with zero attached hydrogens (tertiary/aromatic N) is 3. The van der Waals surface area contributed by atoms with E-state index in [-0.39, 0.29) is 11.9 Å². The van der Waals surface area contributed by atoms with E-state index in [0.717, 1.165) is 54.0 Å². The van der Waals surface area contributed by atoms with Crippen molar-refractivity contribution in [2.45, 2.75) is 70.8 Å². The number of aromatic nitrogens is 2. The minimum atomic E-state index is -0.192. The summed E-state index contributed by atoms with van der Waals surface area (Å²) in [6.07, 6.45) is 4.84. The predicted octanol–water partition coefficient (Wildman–Crippen LogP) is 5.47. The smallest absolute Gasteiger partial charge is 0.306 e. The van der Waals surface area contributed by atoms with E-state index in [1.807, 2.05) is 0 Å². The van der Waals surface area contributed by atoms with Gasteiger partial charge in [0.1, 0.15) is 5.01 Å². The summed E-state index contributed by atoms with van der Waals surface area (Å²) >= 11 is 1.65. The number of anilines is 3. The summed E-state index contributed by atoms with van der Waals surface area (Å²) in [5.74, 6) is 0.985. The van der Waals surface area contributed by atoms with E-state index in [9.17, 15) is 4.79 Å². The van der Waals surface area contributed by atoms with Crippen LogP contribution < -0.4 is 10.2 Å². The summed E-state index contributed by atoms with van der Waals surface area (Å²) in [6.45, 7) is 9.17. The van der Waals surface area contributed by atoms with Crippen LogP contribution >= 0.6 is 11.3 Å². The molecule has 7 nitrogen and oxygen atoms in total. The topological polar surface area (TPSA) is 76.6 Å². The van der Waals surface area contributed by atoms with Crippen LogP contribution in [0.3, 0.4) is 0 Å². The Kier molecular flexibility index (Phi) is 7.86. The molecular weight excluding hydrogens is 436 g/mol. The first-order chi connectivity index (χ1) is 15.9. The van der Waals surface area contributed by atoms with Crippen molar-refractivity contribution in [3.05, 3.63) is 28.8 Å². The van der Waals surface area contributed by atoms with Gasteiger partial charge in [-0.25, -0.2) is 0 Å². The molecule has 0 amide bonds. The number of nitrogens with one attached hydrogen (secondary N) is 1. The SMILES string of the molecule is COC(=O)C[C@@H](C)c1ccc(N(CC(C)C)C2CCOCC2)c(Nc2nnc(C3CC3)s2)c1. The van der Waals surface area contributed by atoms with Crippen LogP contribution in [0.15, 0.2) is 18.2 Å². The number of methoxy groups -OCH3 is 1. The number of hydrogen-bond acceptors (Lipinski definition) is 8. The van der Waals surface area contributed by atoms with Gasteiger partial charge in [-0.2, -0.15) is 0 Å². The summed E-state index contributed by atoms with van der Waals surface area (Å²) in [7, 11) is 1.44. The Balaban J connectivity index is 1.67. The number of hydrogen-bond donors (Lipinski definition) is 1. The molecule has 1 aliphatic heterocycles. The zero-order valence-corrected chi connectivity index (χ0v) is 21.0. The predicted molar refractivity (Wildman–Crippen MR) is 133 cm³/mol. The van der Waals surface area contributed by atoms with Crippen molar-refractivity contribution in [2.75, 3.05) is 37.1 Å². The maximum Gasteiger partial charge on any atom is 0.306 e. The van der Waals surface area contributed by atoms with Crippen LogP contribution in [0.2, 0.25) is 0 Å². The standard InChI is InChI=1S/C25H36N4O3S/c1-16(2)15-29(20-9-11-32-12-10-20)22-8-7-19(17(3)13-23(30)31-4)14-21(22)26-25-28-27-24(33-25)18-5-6-18/h7-8,14,16-18,20H,5-6,9-13,15H2,1-4H3,(H,26,28)/t17-/m1/s1. The van der Waals surface area contributed by atoms with Gasteiger partial charge in [-0.3, -0.25) is 4.79 Å². The van der Waals surface area contributed by atoms with E-state index in [1.54, 1.807) is 11.3 Å². The molecule has 1 saturated heterocycles. The molecule has 1 N–H and O–H groups in total. The third-order valence-corrected chi connectivity index (χ3v) is 7.40. The third-order valence-electron chi connectivity index (χ3n) is 6.40. The van der Waals surface area contributed by atoms with Crippen molar-refractivity contribution in [1.82, 2.24) is 10.2 Å². The van der Waals surface area contributed by atoms with Gasteiger partial charge in [0.15, 0.2) is 0 Å². The van der Waals surface area contributed by atoms with E-state index in [0.29, 0.717) is 24.3 Å². The Morgan fingerprint density at radius 1 is 1.21 bits per heavy atom. The van der Waals surface area contributed by atoms with Gasteiger partial charge >= 0.3 is 5.97 Å².